The third-order valence-corrected chi connectivity index (χ3v) is 2.85. The van der Waals surface area contributed by atoms with Crippen molar-refractivity contribution in [1.29, 1.82) is 0 Å². The van der Waals surface area contributed by atoms with Gasteiger partial charge < -0.3 is 9.57 Å². The molecule has 0 heterocycles. The zero-order valence-electron chi connectivity index (χ0n) is 11.7. The van der Waals surface area contributed by atoms with Crippen LogP contribution in [0.25, 0.3) is 0 Å². The Hall–Kier alpha value is -2.50. The fourth-order valence-electron chi connectivity index (χ4n) is 1.72. The largest absolute Gasteiger partial charge is 0.496 e. The van der Waals surface area contributed by atoms with E-state index in [1.807, 2.05) is 6.07 Å². The average Bonchev–Trinajstić information content (AvgIpc) is 2.51. The first kappa shape index (κ1) is 15.9. The first-order valence-corrected chi connectivity index (χ1v) is 6.38. The number of benzene rings is 2. The Labute approximate surface area is 126 Å². The molecule has 1 radical (unpaired) electrons. The molecule has 0 saturated heterocycles. The van der Waals surface area contributed by atoms with E-state index < -0.39 is 11.7 Å². The summed E-state index contributed by atoms with van der Waals surface area (Å²) in [5, 5.41) is 3.66. The van der Waals surface area contributed by atoms with Crippen LogP contribution in [-0.4, -0.2) is 13.3 Å². The van der Waals surface area contributed by atoms with Gasteiger partial charge in [0.05, 0.1) is 12.7 Å². The number of ether oxygens (including phenoxy) is 1. The van der Waals surface area contributed by atoms with Crippen LogP contribution in [0, 0.1) is 0 Å². The lowest BCUT2D eigenvalue weighted by molar-refractivity contribution is -0.137. The predicted molar refractivity (Wildman–Crippen MR) is 75.8 cm³/mol. The van der Waals surface area contributed by atoms with Crippen LogP contribution in [0.3, 0.4) is 0 Å². The van der Waals surface area contributed by atoms with Crippen molar-refractivity contribution < 1.29 is 22.7 Å². The van der Waals surface area contributed by atoms with Crippen molar-refractivity contribution in [3.63, 3.8) is 0 Å². The summed E-state index contributed by atoms with van der Waals surface area (Å²) in [6.45, 7) is 0.0558. The molecule has 0 spiro atoms. The smallest absolute Gasteiger partial charge is 0.416 e. The standard InChI is InChI=1S/C16H13F3NO2/c1-21-15-5-3-2-4-13(15)10-20-22-11-12-6-8-14(9-7-12)16(17,18)19/h2-9H,11H2,1H3. The fourth-order valence-corrected chi connectivity index (χ4v) is 1.72. The van der Waals surface area contributed by atoms with Crippen molar-refractivity contribution in [2.45, 2.75) is 12.8 Å². The van der Waals surface area contributed by atoms with Gasteiger partial charge in [-0.1, -0.05) is 29.4 Å². The second-order valence-electron chi connectivity index (χ2n) is 4.37. The van der Waals surface area contributed by atoms with Gasteiger partial charge in [-0.25, -0.2) is 0 Å². The number of rotatable bonds is 5. The Morgan fingerprint density at radius 3 is 2.36 bits per heavy atom. The Morgan fingerprint density at radius 1 is 1.05 bits per heavy atom. The molecule has 2 aromatic carbocycles. The Balaban J connectivity index is 1.92. The number of methoxy groups -OCH3 is 1. The lowest BCUT2D eigenvalue weighted by Gasteiger charge is -2.07. The highest BCUT2D eigenvalue weighted by Gasteiger charge is 2.29. The van der Waals surface area contributed by atoms with Crippen LogP contribution in [0.4, 0.5) is 13.2 Å². The molecule has 0 N–H and O–H groups in total. The summed E-state index contributed by atoms with van der Waals surface area (Å²) >= 11 is 0. The summed E-state index contributed by atoms with van der Waals surface area (Å²) in [5.41, 5.74) is 0.510. The van der Waals surface area contributed by atoms with Crippen LogP contribution < -0.4 is 4.74 Å². The molecule has 0 fully saturated rings. The molecule has 6 heteroatoms. The van der Waals surface area contributed by atoms with E-state index in [9.17, 15) is 13.2 Å². The van der Waals surface area contributed by atoms with Gasteiger partial charge in [-0.2, -0.15) is 13.2 Å². The second kappa shape index (κ2) is 6.98. The van der Waals surface area contributed by atoms with E-state index in [-0.39, 0.29) is 6.61 Å². The lowest BCUT2D eigenvalue weighted by atomic mass is 10.1. The molecule has 0 aliphatic heterocycles. The summed E-state index contributed by atoms with van der Waals surface area (Å²) in [6.07, 6.45) is -1.67. The summed E-state index contributed by atoms with van der Waals surface area (Å²) in [6, 6.07) is 11.8. The summed E-state index contributed by atoms with van der Waals surface area (Å²) < 4.78 is 42.4. The van der Waals surface area contributed by atoms with E-state index in [0.717, 1.165) is 12.1 Å². The second-order valence-corrected chi connectivity index (χ2v) is 4.37. The number of hydrogen-bond acceptors (Lipinski definition) is 3. The Bertz CT molecular complexity index is 637. The molecule has 0 bridgehead atoms. The van der Waals surface area contributed by atoms with E-state index >= 15 is 0 Å². The summed E-state index contributed by atoms with van der Waals surface area (Å²) in [4.78, 5) is 5.03. The first-order valence-electron chi connectivity index (χ1n) is 6.38. The summed E-state index contributed by atoms with van der Waals surface area (Å²) in [5.74, 6) is 0.601. The van der Waals surface area contributed by atoms with E-state index in [1.165, 1.54) is 19.2 Å². The van der Waals surface area contributed by atoms with E-state index in [1.54, 1.807) is 18.2 Å². The molecule has 3 nitrogen and oxygen atoms in total. The zero-order valence-corrected chi connectivity index (χ0v) is 11.7. The van der Waals surface area contributed by atoms with Gasteiger partial charge in [0.2, 0.25) is 0 Å². The predicted octanol–water partition coefficient (Wildman–Crippen LogP) is 4.14. The number of alkyl halides is 3. The monoisotopic (exact) mass is 308 g/mol. The van der Waals surface area contributed by atoms with Crippen molar-refractivity contribution in [3.05, 3.63) is 65.2 Å². The third kappa shape index (κ3) is 4.25. The van der Waals surface area contributed by atoms with Crippen LogP contribution in [0.1, 0.15) is 16.7 Å². The van der Waals surface area contributed by atoms with Crippen LogP contribution >= 0.6 is 0 Å². The highest BCUT2D eigenvalue weighted by atomic mass is 19.4. The molecular formula is C16H13F3NO2. The molecular weight excluding hydrogens is 295 g/mol. The molecule has 2 aromatic rings. The van der Waals surface area contributed by atoms with E-state index in [4.69, 9.17) is 9.57 Å². The quantitative estimate of drug-likeness (QED) is 0.614. The van der Waals surface area contributed by atoms with Crippen molar-refractivity contribution in [3.8, 4) is 5.75 Å². The summed E-state index contributed by atoms with van der Waals surface area (Å²) in [7, 11) is 1.53. The molecule has 0 aliphatic rings. The van der Waals surface area contributed by atoms with Crippen molar-refractivity contribution in [2.24, 2.45) is 5.16 Å². The molecule has 0 atom stereocenters. The molecule has 22 heavy (non-hydrogen) atoms. The minimum Gasteiger partial charge on any atom is -0.496 e. The number of halogens is 3. The minimum absolute atomic E-state index is 0.0558. The van der Waals surface area contributed by atoms with Gasteiger partial charge in [-0.05, 0) is 29.8 Å². The maximum atomic E-state index is 12.4. The Kier molecular flexibility index (Phi) is 5.04. The highest BCUT2D eigenvalue weighted by molar-refractivity contribution is 5.82. The van der Waals surface area contributed by atoms with Crippen LogP contribution in [0.5, 0.6) is 5.75 Å². The maximum Gasteiger partial charge on any atom is 0.416 e. The van der Waals surface area contributed by atoms with Gasteiger partial charge in [0.15, 0.2) is 0 Å². The van der Waals surface area contributed by atoms with Gasteiger partial charge in [0.1, 0.15) is 18.6 Å². The lowest BCUT2D eigenvalue weighted by Crippen LogP contribution is -2.04. The zero-order chi connectivity index (χ0) is 16.0. The minimum atomic E-state index is -4.34. The van der Waals surface area contributed by atoms with Gasteiger partial charge in [0, 0.05) is 5.56 Å². The van der Waals surface area contributed by atoms with Gasteiger partial charge in [0.25, 0.3) is 0 Å². The highest BCUT2D eigenvalue weighted by Crippen LogP contribution is 2.29. The number of hydrogen-bond donors (Lipinski definition) is 0. The third-order valence-electron chi connectivity index (χ3n) is 2.85. The average molecular weight is 308 g/mol. The van der Waals surface area contributed by atoms with E-state index in [0.29, 0.717) is 16.9 Å². The topological polar surface area (TPSA) is 30.8 Å². The molecule has 2 rings (SSSR count). The van der Waals surface area contributed by atoms with E-state index in [2.05, 4.69) is 11.4 Å². The number of para-hydroxylation sites is 1. The van der Waals surface area contributed by atoms with Crippen LogP contribution in [0.15, 0.2) is 53.7 Å². The van der Waals surface area contributed by atoms with Crippen LogP contribution in [0.2, 0.25) is 0 Å². The first-order chi connectivity index (χ1) is 10.5. The normalized spacial score (nSPS) is 11.6. The molecule has 115 valence electrons. The van der Waals surface area contributed by atoms with Crippen LogP contribution in [-0.2, 0) is 17.6 Å². The molecule has 0 unspecified atom stereocenters. The van der Waals surface area contributed by atoms with Gasteiger partial charge >= 0.3 is 6.18 Å². The SMILES string of the molecule is COc1ccccc1/[C]=N\OCc1ccc(C(F)(F)F)cc1. The van der Waals surface area contributed by atoms with Gasteiger partial charge in [-0.15, -0.1) is 0 Å². The maximum absolute atomic E-state index is 12.4. The van der Waals surface area contributed by atoms with Crippen molar-refractivity contribution in [1.82, 2.24) is 0 Å². The molecule has 0 amide bonds. The molecule has 0 saturated carbocycles. The fraction of sp³-hybridized carbons (Fsp3) is 0.188. The molecule has 0 aliphatic carbocycles. The number of nitrogens with zero attached hydrogens (tertiary/aromatic N) is 1. The van der Waals surface area contributed by atoms with Gasteiger partial charge in [-0.3, -0.25) is 0 Å². The van der Waals surface area contributed by atoms with Crippen molar-refractivity contribution in [2.75, 3.05) is 7.11 Å². The molecule has 0 aromatic heterocycles. The Morgan fingerprint density at radius 2 is 1.73 bits per heavy atom. The van der Waals surface area contributed by atoms with Crippen molar-refractivity contribution >= 4 is 6.21 Å².